The van der Waals surface area contributed by atoms with E-state index in [9.17, 15) is 26.4 Å². The van der Waals surface area contributed by atoms with E-state index < -0.39 is 33.3 Å². The molecule has 1 N–H and O–H groups in total. The van der Waals surface area contributed by atoms with E-state index in [1.165, 1.54) is 0 Å². The Hall–Kier alpha value is -2.39. The maximum atomic E-state index is 12.6. The zero-order chi connectivity index (χ0) is 21.9. The fourth-order valence-corrected chi connectivity index (χ4v) is 3.41. The summed E-state index contributed by atoms with van der Waals surface area (Å²) < 4.78 is 69.7. The molecule has 2 aromatic carbocycles. The number of ether oxygens (including phenoxy) is 1. The third-order valence-electron chi connectivity index (χ3n) is 3.79. The summed E-state index contributed by atoms with van der Waals surface area (Å²) >= 11 is 0. The van der Waals surface area contributed by atoms with Gasteiger partial charge in [-0.05, 0) is 69.2 Å². The van der Waals surface area contributed by atoms with Gasteiger partial charge in [-0.25, -0.2) is 17.9 Å². The van der Waals surface area contributed by atoms with Crippen molar-refractivity contribution >= 4 is 16.0 Å². The van der Waals surface area contributed by atoms with Gasteiger partial charge in [0.1, 0.15) is 5.60 Å². The van der Waals surface area contributed by atoms with Crippen LogP contribution in [0.4, 0.5) is 13.2 Å². The highest BCUT2D eigenvalue weighted by Crippen LogP contribution is 2.29. The predicted octanol–water partition coefficient (Wildman–Crippen LogP) is 4.18. The molecule has 2 rings (SSSR count). The van der Waals surface area contributed by atoms with Gasteiger partial charge in [0.05, 0.1) is 16.0 Å². The van der Waals surface area contributed by atoms with Crippen LogP contribution in [0.25, 0.3) is 0 Å². The van der Waals surface area contributed by atoms with Crippen LogP contribution >= 0.6 is 0 Å². The van der Waals surface area contributed by atoms with Gasteiger partial charge in [-0.1, -0.05) is 12.1 Å². The highest BCUT2D eigenvalue weighted by atomic mass is 32.2. The van der Waals surface area contributed by atoms with Crippen molar-refractivity contribution in [1.82, 2.24) is 4.72 Å². The van der Waals surface area contributed by atoms with Crippen LogP contribution < -0.4 is 4.72 Å². The number of carbonyl (C=O) groups excluding carboxylic acids is 1. The molecule has 2 aromatic rings. The van der Waals surface area contributed by atoms with Crippen molar-refractivity contribution < 1.29 is 31.1 Å². The molecule has 29 heavy (non-hydrogen) atoms. The van der Waals surface area contributed by atoms with Gasteiger partial charge < -0.3 is 4.74 Å². The number of carbonyl (C=O) groups is 1. The first-order valence-electron chi connectivity index (χ1n) is 8.77. The first-order chi connectivity index (χ1) is 13.3. The minimum absolute atomic E-state index is 0.0507. The quantitative estimate of drug-likeness (QED) is 0.700. The van der Waals surface area contributed by atoms with Crippen LogP contribution in [-0.2, 0) is 27.4 Å². The van der Waals surface area contributed by atoms with Gasteiger partial charge in [-0.2, -0.15) is 13.2 Å². The van der Waals surface area contributed by atoms with Crippen LogP contribution in [0.3, 0.4) is 0 Å². The molecule has 0 saturated heterocycles. The second-order valence-corrected chi connectivity index (χ2v) is 9.14. The molecule has 0 aromatic heterocycles. The Morgan fingerprint density at radius 2 is 1.52 bits per heavy atom. The van der Waals surface area contributed by atoms with Gasteiger partial charge in [-0.15, -0.1) is 0 Å². The molecule has 0 spiro atoms. The SMILES string of the molecule is CC(C)(C)OC(=O)c1ccc(CCNS(=O)(=O)c2ccc(C(F)(F)F)cc2)cc1. The van der Waals surface area contributed by atoms with Crippen LogP contribution in [0, 0.1) is 0 Å². The van der Waals surface area contributed by atoms with E-state index in [0.717, 1.165) is 29.8 Å². The summed E-state index contributed by atoms with van der Waals surface area (Å²) in [6.07, 6.45) is -4.18. The molecule has 0 fully saturated rings. The Kier molecular flexibility index (Phi) is 6.74. The molecule has 0 aliphatic rings. The highest BCUT2D eigenvalue weighted by molar-refractivity contribution is 7.89. The molecule has 0 aliphatic carbocycles. The van der Waals surface area contributed by atoms with Gasteiger partial charge in [0.25, 0.3) is 0 Å². The number of hydrogen-bond donors (Lipinski definition) is 1. The Balaban J connectivity index is 1.94. The lowest BCUT2D eigenvalue weighted by molar-refractivity contribution is -0.137. The van der Waals surface area contributed by atoms with Crippen molar-refractivity contribution in [2.24, 2.45) is 0 Å². The maximum Gasteiger partial charge on any atom is 0.416 e. The second-order valence-electron chi connectivity index (χ2n) is 7.37. The first kappa shape index (κ1) is 22.9. The number of halogens is 3. The summed E-state index contributed by atoms with van der Waals surface area (Å²) in [6, 6.07) is 9.84. The molecule has 0 unspecified atom stereocenters. The standard InChI is InChI=1S/C20H22F3NO4S/c1-19(2,3)28-18(25)15-6-4-14(5-7-15)12-13-24-29(26,27)17-10-8-16(9-11-17)20(21,22)23/h4-11,24H,12-13H2,1-3H3. The van der Waals surface area contributed by atoms with Crippen molar-refractivity contribution in [2.45, 2.75) is 43.9 Å². The Morgan fingerprint density at radius 3 is 2.00 bits per heavy atom. The molecule has 5 nitrogen and oxygen atoms in total. The number of sulfonamides is 1. The Bertz CT molecular complexity index is 945. The van der Waals surface area contributed by atoms with Crippen molar-refractivity contribution in [2.75, 3.05) is 6.54 Å². The Morgan fingerprint density at radius 1 is 0.966 bits per heavy atom. The molecule has 0 amide bonds. The lowest BCUT2D eigenvalue weighted by Crippen LogP contribution is -2.26. The zero-order valence-electron chi connectivity index (χ0n) is 16.2. The molecule has 158 valence electrons. The minimum Gasteiger partial charge on any atom is -0.456 e. The predicted molar refractivity (Wildman–Crippen MR) is 102 cm³/mol. The molecule has 0 atom stereocenters. The van der Waals surface area contributed by atoms with Gasteiger partial charge in [0.15, 0.2) is 0 Å². The van der Waals surface area contributed by atoms with E-state index in [-0.39, 0.29) is 11.4 Å². The zero-order valence-corrected chi connectivity index (χ0v) is 17.0. The molecule has 0 bridgehead atoms. The summed E-state index contributed by atoms with van der Waals surface area (Å²) in [7, 11) is -3.93. The van der Waals surface area contributed by atoms with E-state index in [1.807, 2.05) is 0 Å². The first-order valence-corrected chi connectivity index (χ1v) is 10.3. The van der Waals surface area contributed by atoms with Gasteiger partial charge in [0.2, 0.25) is 10.0 Å². The van der Waals surface area contributed by atoms with E-state index in [2.05, 4.69) is 4.72 Å². The molecular weight excluding hydrogens is 407 g/mol. The van der Waals surface area contributed by atoms with Gasteiger partial charge in [-0.3, -0.25) is 0 Å². The van der Waals surface area contributed by atoms with Crippen molar-refractivity contribution in [3.05, 3.63) is 65.2 Å². The summed E-state index contributed by atoms with van der Waals surface area (Å²) in [6.45, 7) is 5.35. The van der Waals surface area contributed by atoms with E-state index in [4.69, 9.17) is 4.74 Å². The van der Waals surface area contributed by atoms with Crippen LogP contribution in [0.2, 0.25) is 0 Å². The summed E-state index contributed by atoms with van der Waals surface area (Å²) in [5.74, 6) is -0.452. The van der Waals surface area contributed by atoms with Crippen LogP contribution in [0.15, 0.2) is 53.4 Å². The summed E-state index contributed by atoms with van der Waals surface area (Å²) in [4.78, 5) is 11.7. The number of hydrogen-bond acceptors (Lipinski definition) is 4. The topological polar surface area (TPSA) is 72.5 Å². The number of esters is 1. The average Bonchev–Trinajstić information content (AvgIpc) is 2.60. The van der Waals surface area contributed by atoms with Crippen molar-refractivity contribution in [1.29, 1.82) is 0 Å². The monoisotopic (exact) mass is 429 g/mol. The number of benzene rings is 2. The van der Waals surface area contributed by atoms with Crippen LogP contribution in [0.5, 0.6) is 0 Å². The van der Waals surface area contributed by atoms with Crippen LogP contribution in [-0.4, -0.2) is 26.5 Å². The Labute approximate surface area is 167 Å². The number of rotatable bonds is 6. The third-order valence-corrected chi connectivity index (χ3v) is 5.26. The van der Waals surface area contributed by atoms with E-state index in [0.29, 0.717) is 12.0 Å². The number of alkyl halides is 3. The molecule has 9 heteroatoms. The minimum atomic E-state index is -4.53. The lowest BCUT2D eigenvalue weighted by Gasteiger charge is -2.19. The molecule has 0 heterocycles. The second kappa shape index (κ2) is 8.54. The molecular formula is C20H22F3NO4S. The average molecular weight is 429 g/mol. The summed E-state index contributed by atoms with van der Waals surface area (Å²) in [5, 5.41) is 0. The van der Waals surface area contributed by atoms with E-state index in [1.54, 1.807) is 45.0 Å². The van der Waals surface area contributed by atoms with Gasteiger partial charge in [0, 0.05) is 6.54 Å². The number of nitrogens with one attached hydrogen (secondary N) is 1. The van der Waals surface area contributed by atoms with E-state index >= 15 is 0 Å². The van der Waals surface area contributed by atoms with Gasteiger partial charge >= 0.3 is 12.1 Å². The maximum absolute atomic E-state index is 12.6. The lowest BCUT2D eigenvalue weighted by atomic mass is 10.1. The summed E-state index contributed by atoms with van der Waals surface area (Å²) in [5.41, 5.74) is -0.352. The largest absolute Gasteiger partial charge is 0.456 e. The van der Waals surface area contributed by atoms with Crippen molar-refractivity contribution in [3.63, 3.8) is 0 Å². The van der Waals surface area contributed by atoms with Crippen molar-refractivity contribution in [3.8, 4) is 0 Å². The molecule has 0 saturated carbocycles. The molecule has 0 aliphatic heterocycles. The fourth-order valence-electron chi connectivity index (χ4n) is 2.38. The molecule has 0 radical (unpaired) electrons. The normalized spacial score (nSPS) is 12.6. The smallest absolute Gasteiger partial charge is 0.416 e. The van der Waals surface area contributed by atoms with Crippen LogP contribution in [0.1, 0.15) is 42.3 Å². The highest BCUT2D eigenvalue weighted by Gasteiger charge is 2.30. The third kappa shape index (κ3) is 6.86. The fraction of sp³-hybridized carbons (Fsp3) is 0.350.